The second-order valence-electron chi connectivity index (χ2n) is 21.9. The Hall–Kier alpha value is -7.80. The van der Waals surface area contributed by atoms with Crippen LogP contribution in [0.1, 0.15) is 101 Å². The van der Waals surface area contributed by atoms with Gasteiger partial charge in [0, 0.05) is 89.7 Å². The summed E-state index contributed by atoms with van der Waals surface area (Å²) in [4.78, 5) is 77.0. The van der Waals surface area contributed by atoms with Crippen LogP contribution in [0.3, 0.4) is 0 Å². The van der Waals surface area contributed by atoms with Crippen LogP contribution in [-0.4, -0.2) is 173 Å². The zero-order chi connectivity index (χ0) is 56.3. The highest BCUT2D eigenvalue weighted by molar-refractivity contribution is 5.86. The van der Waals surface area contributed by atoms with Crippen LogP contribution in [0.5, 0.6) is 0 Å². The fourth-order valence-electron chi connectivity index (χ4n) is 12.1. The lowest BCUT2D eigenvalue weighted by Crippen LogP contribution is -2.42. The quantitative estimate of drug-likeness (QED) is 0.0499. The maximum Gasteiger partial charge on any atom is 0.229 e. The number of imidazole rings is 3. The highest BCUT2D eigenvalue weighted by atomic mass is 16.3. The summed E-state index contributed by atoms with van der Waals surface area (Å²) in [6.07, 6.45) is 5.63. The van der Waals surface area contributed by atoms with E-state index in [1.165, 1.54) is 0 Å². The van der Waals surface area contributed by atoms with E-state index in [1.54, 1.807) is 42.0 Å². The average Bonchev–Trinajstić information content (AvgIpc) is 4.47. The first kappa shape index (κ1) is 55.1. The number of benzene rings is 2. The standard InChI is InChI=1S/C57H73N17O7/c1-4-43(75)64-39-24-41(50(80)48(39)78)73-32-62-47-53(66-56(68-54(47)73)58-20-17-36-28-70(6-3)30-60-36)63-37-19-22-71(29-37)45(77)23-33-18-21-72(27-33)57-67-52(59-26-38(34-13-9-7-10-14-34)35-15-11-8-12-16-35)46-55(69-57)74(31-61-46)42-25-40(49(79)51(42)81)65-44(76)5-2/h7-16,28,30-33,37-42,48-51,78-81H,4-6,17-27,29H2,1-3H3,(H,64,75)(H,65,76)(H,59,67,69)(H2,58,63,66,68)/t33-,37-,39-,40-,41+,42+,48+,49+,50-,51-/m0/s1. The molecule has 0 radical (unpaired) electrons. The Kier molecular flexibility index (Phi) is 16.4. The molecule has 9 N–H and O–H groups in total. The molecule has 24 heteroatoms. The van der Waals surface area contributed by atoms with Gasteiger partial charge in [-0.1, -0.05) is 74.5 Å². The van der Waals surface area contributed by atoms with E-state index >= 15 is 0 Å². The average molecular weight is 1110 g/mol. The van der Waals surface area contributed by atoms with Crippen LogP contribution >= 0.6 is 0 Å². The molecule has 10 atom stereocenters. The van der Waals surface area contributed by atoms with Gasteiger partial charge in [-0.2, -0.15) is 19.9 Å². The van der Waals surface area contributed by atoms with Gasteiger partial charge in [-0.3, -0.25) is 14.4 Å². The number of rotatable bonds is 21. The smallest absolute Gasteiger partial charge is 0.229 e. The van der Waals surface area contributed by atoms with Crippen LogP contribution in [0.15, 0.2) is 85.8 Å². The van der Waals surface area contributed by atoms with Gasteiger partial charge < -0.3 is 70.5 Å². The summed E-state index contributed by atoms with van der Waals surface area (Å²) >= 11 is 0. The molecule has 2 saturated heterocycles. The number of anilines is 4. The number of nitrogens with zero attached hydrogens (tertiary/aromatic N) is 12. The predicted molar refractivity (Wildman–Crippen MR) is 303 cm³/mol. The summed E-state index contributed by atoms with van der Waals surface area (Å²) in [5.41, 5.74) is 5.07. The molecule has 5 aromatic heterocycles. The third-order valence-corrected chi connectivity index (χ3v) is 16.7. The second-order valence-corrected chi connectivity index (χ2v) is 21.9. The number of aryl methyl sites for hydroxylation is 1. The van der Waals surface area contributed by atoms with Gasteiger partial charge >= 0.3 is 0 Å². The third kappa shape index (κ3) is 11.7. The minimum absolute atomic E-state index is 0.00886. The minimum atomic E-state index is -1.20. The topological polar surface area (TPSA) is 304 Å². The molecular weight excluding hydrogens is 1030 g/mol. The maximum absolute atomic E-state index is 14.3. The lowest BCUT2D eigenvalue weighted by atomic mass is 9.91. The van der Waals surface area contributed by atoms with E-state index in [9.17, 15) is 34.8 Å². The highest BCUT2D eigenvalue weighted by Crippen LogP contribution is 2.38. The normalized spacial score (nSPS) is 24.6. The number of aliphatic hydroxyl groups is 4. The van der Waals surface area contributed by atoms with Crippen LogP contribution in [0.4, 0.5) is 23.5 Å². The molecule has 7 heterocycles. The Bertz CT molecular complexity index is 3280. The summed E-state index contributed by atoms with van der Waals surface area (Å²) in [5.74, 6) is 1.36. The fourth-order valence-corrected chi connectivity index (χ4v) is 12.1. The Labute approximate surface area is 468 Å². The van der Waals surface area contributed by atoms with Gasteiger partial charge in [-0.05, 0) is 49.7 Å². The van der Waals surface area contributed by atoms with Crippen molar-refractivity contribution in [2.45, 2.75) is 139 Å². The minimum Gasteiger partial charge on any atom is -0.388 e. The molecule has 2 aliphatic carbocycles. The van der Waals surface area contributed by atoms with E-state index < -0.39 is 48.6 Å². The van der Waals surface area contributed by atoms with Gasteiger partial charge in [0.25, 0.3) is 0 Å². The van der Waals surface area contributed by atoms with E-state index in [4.69, 9.17) is 29.9 Å². The van der Waals surface area contributed by atoms with Gasteiger partial charge in [0.15, 0.2) is 34.0 Å². The van der Waals surface area contributed by atoms with E-state index in [0.717, 1.165) is 29.8 Å². The van der Waals surface area contributed by atoms with Crippen LogP contribution < -0.4 is 31.5 Å². The molecule has 3 amide bonds. The van der Waals surface area contributed by atoms with Crippen LogP contribution in [-0.2, 0) is 27.3 Å². The lowest BCUT2D eigenvalue weighted by Gasteiger charge is -2.22. The van der Waals surface area contributed by atoms with Crippen molar-refractivity contribution in [1.82, 2.24) is 64.1 Å². The molecule has 81 heavy (non-hydrogen) atoms. The number of hydrogen-bond acceptors (Lipinski definition) is 18. The molecular formula is C57H73N17O7. The number of aromatic nitrogens is 10. The van der Waals surface area contributed by atoms with Crippen molar-refractivity contribution in [3.05, 3.63) is 103 Å². The summed E-state index contributed by atoms with van der Waals surface area (Å²) in [6, 6.07) is 17.8. The molecule has 0 bridgehead atoms. The molecule has 4 aliphatic rings. The molecule has 2 aromatic carbocycles. The van der Waals surface area contributed by atoms with E-state index in [-0.39, 0.29) is 61.3 Å². The van der Waals surface area contributed by atoms with E-state index in [1.807, 2.05) is 52.1 Å². The Morgan fingerprint density at radius 1 is 0.667 bits per heavy atom. The molecule has 7 aromatic rings. The van der Waals surface area contributed by atoms with Gasteiger partial charge in [0.1, 0.15) is 24.4 Å². The van der Waals surface area contributed by atoms with E-state index in [0.29, 0.717) is 104 Å². The first-order chi connectivity index (χ1) is 39.4. The zero-order valence-corrected chi connectivity index (χ0v) is 45.9. The largest absolute Gasteiger partial charge is 0.388 e. The molecule has 24 nitrogen and oxygen atoms in total. The number of carbonyl (C=O) groups is 3. The van der Waals surface area contributed by atoms with Gasteiger partial charge in [-0.25, -0.2) is 15.0 Å². The van der Waals surface area contributed by atoms with Crippen molar-refractivity contribution < 1.29 is 34.8 Å². The zero-order valence-electron chi connectivity index (χ0n) is 45.9. The van der Waals surface area contributed by atoms with Crippen LogP contribution in [0, 0.1) is 5.92 Å². The summed E-state index contributed by atoms with van der Waals surface area (Å²) in [5, 5.41) is 61.1. The second kappa shape index (κ2) is 24.1. The maximum atomic E-state index is 14.3. The number of nitrogens with one attached hydrogen (secondary N) is 5. The first-order valence-electron chi connectivity index (χ1n) is 28.5. The highest BCUT2D eigenvalue weighted by Gasteiger charge is 2.45. The van der Waals surface area contributed by atoms with E-state index in [2.05, 4.69) is 67.7 Å². The Morgan fingerprint density at radius 2 is 1.28 bits per heavy atom. The monoisotopic (exact) mass is 1110 g/mol. The fraction of sp³-hybridized carbons (Fsp3) is 0.509. The summed E-state index contributed by atoms with van der Waals surface area (Å²) in [6.45, 7) is 9.43. The molecule has 0 spiro atoms. The van der Waals surface area contributed by atoms with Crippen molar-refractivity contribution in [2.75, 3.05) is 60.1 Å². The van der Waals surface area contributed by atoms with Crippen molar-refractivity contribution >= 4 is 63.6 Å². The molecule has 428 valence electrons. The number of likely N-dealkylation sites (tertiary alicyclic amines) is 1. The number of carbonyl (C=O) groups excluding carboxylic acids is 3. The Balaban J connectivity index is 0.795. The number of hydrogen-bond donors (Lipinski definition) is 9. The molecule has 2 aliphatic heterocycles. The predicted octanol–water partition coefficient (Wildman–Crippen LogP) is 3.13. The molecule has 4 fully saturated rings. The van der Waals surface area contributed by atoms with Crippen molar-refractivity contribution in [3.8, 4) is 0 Å². The Morgan fingerprint density at radius 3 is 1.89 bits per heavy atom. The molecule has 11 rings (SSSR count). The molecule has 2 saturated carbocycles. The van der Waals surface area contributed by atoms with Gasteiger partial charge in [0.2, 0.25) is 29.6 Å². The van der Waals surface area contributed by atoms with Gasteiger partial charge in [0.05, 0.1) is 48.8 Å². The van der Waals surface area contributed by atoms with Crippen LogP contribution in [0.25, 0.3) is 22.3 Å². The SMILES string of the molecule is CCC(=O)N[C@H]1C[C@@H](n2cnc3c(NCC(c4ccccc4)c4ccccc4)nc(N4CC[C@@H](CC(=O)N5CC[C@H](Nc6nc(NCCc7cn(CC)cn7)nc7c6ncn7[C@@H]6C[C@H](NC(=O)CC)[C@@H](O)[C@H]6O)C5)C4)nc32)[C@H](O)[C@@H]1O. The number of fused-ring (bicyclic) bond motifs is 2. The third-order valence-electron chi connectivity index (χ3n) is 16.7. The van der Waals surface area contributed by atoms with Gasteiger partial charge in [-0.15, -0.1) is 0 Å². The number of amides is 3. The van der Waals surface area contributed by atoms with Crippen molar-refractivity contribution in [3.63, 3.8) is 0 Å². The van der Waals surface area contributed by atoms with Crippen molar-refractivity contribution in [1.29, 1.82) is 0 Å². The summed E-state index contributed by atoms with van der Waals surface area (Å²) in [7, 11) is 0. The molecule has 0 unspecified atom stereocenters. The first-order valence-corrected chi connectivity index (χ1v) is 28.5. The van der Waals surface area contributed by atoms with Crippen LogP contribution in [0.2, 0.25) is 0 Å². The van der Waals surface area contributed by atoms with Crippen molar-refractivity contribution in [2.24, 2.45) is 5.92 Å². The number of aliphatic hydroxyl groups excluding tert-OH is 4. The summed E-state index contributed by atoms with van der Waals surface area (Å²) < 4.78 is 5.54. The lowest BCUT2D eigenvalue weighted by molar-refractivity contribution is -0.131.